The lowest BCUT2D eigenvalue weighted by Gasteiger charge is -2.02. The Hall–Kier alpha value is -2.17. The summed E-state index contributed by atoms with van der Waals surface area (Å²) in [6.07, 6.45) is 4.24. The second-order valence-corrected chi connectivity index (χ2v) is 3.67. The van der Waals surface area contributed by atoms with E-state index in [-0.39, 0.29) is 5.91 Å². The van der Waals surface area contributed by atoms with Crippen molar-refractivity contribution in [3.8, 4) is 0 Å². The number of nitrogens with one attached hydrogen (secondary N) is 2. The summed E-state index contributed by atoms with van der Waals surface area (Å²) in [5.74, 6) is -0.169. The van der Waals surface area contributed by atoms with Gasteiger partial charge in [-0.1, -0.05) is 6.92 Å². The zero-order valence-electron chi connectivity index (χ0n) is 9.60. The van der Waals surface area contributed by atoms with E-state index < -0.39 is 0 Å². The number of rotatable bonds is 4. The van der Waals surface area contributed by atoms with Crippen molar-refractivity contribution in [1.29, 1.82) is 0 Å². The summed E-state index contributed by atoms with van der Waals surface area (Å²) in [7, 11) is 0. The Morgan fingerprint density at radius 2 is 2.18 bits per heavy atom. The highest BCUT2D eigenvalue weighted by atomic mass is 16.1. The molecule has 2 heterocycles. The molecule has 0 spiro atoms. The van der Waals surface area contributed by atoms with E-state index in [1.807, 2.05) is 19.1 Å². The third kappa shape index (κ3) is 2.90. The largest absolute Gasteiger partial charge is 0.347 e. The summed E-state index contributed by atoms with van der Waals surface area (Å²) < 4.78 is 0. The van der Waals surface area contributed by atoms with Crippen LogP contribution in [0.25, 0.3) is 0 Å². The van der Waals surface area contributed by atoms with E-state index >= 15 is 0 Å². The second-order valence-electron chi connectivity index (χ2n) is 3.67. The summed E-state index contributed by atoms with van der Waals surface area (Å²) in [5.41, 5.74) is 2.40. The highest BCUT2D eigenvalue weighted by Gasteiger charge is 2.08. The van der Waals surface area contributed by atoms with Crippen molar-refractivity contribution in [1.82, 2.24) is 20.5 Å². The number of aryl methyl sites for hydroxylation is 1. The van der Waals surface area contributed by atoms with E-state index in [2.05, 4.69) is 20.5 Å². The molecule has 0 bridgehead atoms. The summed E-state index contributed by atoms with van der Waals surface area (Å²) >= 11 is 0. The molecule has 0 atom stereocenters. The predicted octanol–water partition coefficient (Wildman–Crippen LogP) is 1.30. The Bertz CT molecular complexity index is 492. The molecule has 0 aromatic carbocycles. The average molecular weight is 230 g/mol. The van der Waals surface area contributed by atoms with Gasteiger partial charge in [0.1, 0.15) is 5.69 Å². The minimum Gasteiger partial charge on any atom is -0.347 e. The lowest BCUT2D eigenvalue weighted by Crippen LogP contribution is -2.23. The summed E-state index contributed by atoms with van der Waals surface area (Å²) in [6, 6.07) is 5.49. The topological polar surface area (TPSA) is 70.7 Å². The fourth-order valence-corrected chi connectivity index (χ4v) is 1.43. The van der Waals surface area contributed by atoms with Crippen LogP contribution in [0.4, 0.5) is 0 Å². The van der Waals surface area contributed by atoms with Gasteiger partial charge >= 0.3 is 0 Å². The van der Waals surface area contributed by atoms with E-state index in [4.69, 9.17) is 0 Å². The van der Waals surface area contributed by atoms with E-state index in [9.17, 15) is 4.79 Å². The molecule has 2 N–H and O–H groups in total. The Morgan fingerprint density at radius 3 is 2.82 bits per heavy atom. The molecular weight excluding hydrogens is 216 g/mol. The lowest BCUT2D eigenvalue weighted by molar-refractivity contribution is 0.0946. The average Bonchev–Trinajstić information content (AvgIpc) is 2.86. The number of hydrogen-bond acceptors (Lipinski definition) is 3. The molecule has 1 amide bonds. The molecule has 0 unspecified atom stereocenters. The van der Waals surface area contributed by atoms with Crippen LogP contribution in [0.15, 0.2) is 30.6 Å². The highest BCUT2D eigenvalue weighted by molar-refractivity contribution is 5.92. The molecule has 5 heteroatoms. The van der Waals surface area contributed by atoms with Crippen LogP contribution in [0.5, 0.6) is 0 Å². The minimum atomic E-state index is -0.169. The molecule has 2 rings (SSSR count). The van der Waals surface area contributed by atoms with Gasteiger partial charge in [0.2, 0.25) is 0 Å². The molecule has 17 heavy (non-hydrogen) atoms. The van der Waals surface area contributed by atoms with Gasteiger partial charge < -0.3 is 5.32 Å². The molecular formula is C12H14N4O. The summed E-state index contributed by atoms with van der Waals surface area (Å²) in [6.45, 7) is 2.49. The Morgan fingerprint density at radius 1 is 1.41 bits per heavy atom. The Labute approximate surface area is 99.3 Å². The number of amides is 1. The third-order valence-corrected chi connectivity index (χ3v) is 2.45. The molecule has 88 valence electrons. The van der Waals surface area contributed by atoms with Gasteiger partial charge in [-0.3, -0.25) is 14.9 Å². The van der Waals surface area contributed by atoms with Crippen molar-refractivity contribution in [3.63, 3.8) is 0 Å². The summed E-state index contributed by atoms with van der Waals surface area (Å²) in [5, 5.41) is 9.57. The number of pyridine rings is 1. The molecule has 0 fully saturated rings. The molecule has 2 aromatic heterocycles. The molecule has 0 saturated carbocycles. The smallest absolute Gasteiger partial charge is 0.272 e. The van der Waals surface area contributed by atoms with Crippen LogP contribution < -0.4 is 5.32 Å². The number of aromatic nitrogens is 3. The molecule has 0 radical (unpaired) electrons. The molecule has 5 nitrogen and oxygen atoms in total. The molecule has 2 aromatic rings. The SMILES string of the molecule is CCc1cc(C(=O)NCc2ccncc2)n[nH]1. The van der Waals surface area contributed by atoms with Crippen LogP contribution in [0, 0.1) is 0 Å². The first-order valence-corrected chi connectivity index (χ1v) is 5.51. The van der Waals surface area contributed by atoms with Crippen LogP contribution >= 0.6 is 0 Å². The Balaban J connectivity index is 1.93. The van der Waals surface area contributed by atoms with Gasteiger partial charge in [0.15, 0.2) is 0 Å². The van der Waals surface area contributed by atoms with Crippen LogP contribution in [0.3, 0.4) is 0 Å². The van der Waals surface area contributed by atoms with Crippen molar-refractivity contribution in [2.75, 3.05) is 0 Å². The third-order valence-electron chi connectivity index (χ3n) is 2.45. The van der Waals surface area contributed by atoms with E-state index in [0.29, 0.717) is 12.2 Å². The maximum atomic E-state index is 11.7. The second kappa shape index (κ2) is 5.25. The lowest BCUT2D eigenvalue weighted by atomic mass is 10.2. The fraction of sp³-hybridized carbons (Fsp3) is 0.250. The van der Waals surface area contributed by atoms with E-state index in [1.165, 1.54) is 0 Å². The normalized spacial score (nSPS) is 10.2. The maximum absolute atomic E-state index is 11.7. The van der Waals surface area contributed by atoms with Crippen molar-refractivity contribution >= 4 is 5.91 Å². The van der Waals surface area contributed by atoms with Crippen molar-refractivity contribution in [2.45, 2.75) is 19.9 Å². The number of carbonyl (C=O) groups is 1. The van der Waals surface area contributed by atoms with E-state index in [1.54, 1.807) is 18.5 Å². The zero-order valence-corrected chi connectivity index (χ0v) is 9.60. The number of H-pyrrole nitrogens is 1. The minimum absolute atomic E-state index is 0.169. The first-order valence-electron chi connectivity index (χ1n) is 5.51. The van der Waals surface area contributed by atoms with Gasteiger partial charge in [-0.15, -0.1) is 0 Å². The maximum Gasteiger partial charge on any atom is 0.272 e. The number of carbonyl (C=O) groups excluding carboxylic acids is 1. The molecule has 0 aliphatic carbocycles. The molecule has 0 aliphatic heterocycles. The van der Waals surface area contributed by atoms with Gasteiger partial charge in [0, 0.05) is 24.6 Å². The quantitative estimate of drug-likeness (QED) is 0.831. The molecule has 0 saturated heterocycles. The first-order chi connectivity index (χ1) is 8.29. The van der Waals surface area contributed by atoms with Gasteiger partial charge in [-0.2, -0.15) is 5.10 Å². The van der Waals surface area contributed by atoms with Gasteiger partial charge in [-0.05, 0) is 30.2 Å². The number of aromatic amines is 1. The highest BCUT2D eigenvalue weighted by Crippen LogP contribution is 2.01. The van der Waals surface area contributed by atoms with Crippen LogP contribution in [0.1, 0.15) is 28.7 Å². The first kappa shape index (κ1) is 11.3. The van der Waals surface area contributed by atoms with Gasteiger partial charge in [0.25, 0.3) is 5.91 Å². The fourth-order valence-electron chi connectivity index (χ4n) is 1.43. The summed E-state index contributed by atoms with van der Waals surface area (Å²) in [4.78, 5) is 15.7. The monoisotopic (exact) mass is 230 g/mol. The molecule has 0 aliphatic rings. The van der Waals surface area contributed by atoms with Crippen molar-refractivity contribution < 1.29 is 4.79 Å². The van der Waals surface area contributed by atoms with Crippen molar-refractivity contribution in [2.24, 2.45) is 0 Å². The zero-order chi connectivity index (χ0) is 12.1. The van der Waals surface area contributed by atoms with Crippen LogP contribution in [0.2, 0.25) is 0 Å². The Kier molecular flexibility index (Phi) is 3.49. The van der Waals surface area contributed by atoms with Gasteiger partial charge in [-0.25, -0.2) is 0 Å². The van der Waals surface area contributed by atoms with Crippen molar-refractivity contribution in [3.05, 3.63) is 47.5 Å². The van der Waals surface area contributed by atoms with Gasteiger partial charge in [0.05, 0.1) is 0 Å². The van der Waals surface area contributed by atoms with Crippen LogP contribution in [-0.2, 0) is 13.0 Å². The predicted molar refractivity (Wildman–Crippen MR) is 63.4 cm³/mol. The number of hydrogen-bond donors (Lipinski definition) is 2. The number of nitrogens with zero attached hydrogens (tertiary/aromatic N) is 2. The standard InChI is InChI=1S/C12H14N4O/c1-2-10-7-11(16-15-10)12(17)14-8-9-3-5-13-6-4-9/h3-7H,2,8H2,1H3,(H,14,17)(H,15,16). The van der Waals surface area contributed by atoms with E-state index in [0.717, 1.165) is 17.7 Å². The van der Waals surface area contributed by atoms with Crippen LogP contribution in [-0.4, -0.2) is 21.1 Å².